The summed E-state index contributed by atoms with van der Waals surface area (Å²) in [5, 5.41) is -0.0485. The standard InChI is InChI=1S/C17H21IO3S/c1-3-17(11-8-12-18,16(20)21-4-2)13-15(19)22-14-9-6-5-7-10-14/h3,5-7,9-10H,1,4,8,11-13H2,2H3. The van der Waals surface area contributed by atoms with Gasteiger partial charge < -0.3 is 4.74 Å². The Morgan fingerprint density at radius 1 is 1.36 bits per heavy atom. The van der Waals surface area contributed by atoms with E-state index in [2.05, 4.69) is 29.2 Å². The lowest BCUT2D eigenvalue weighted by molar-refractivity contribution is -0.154. The molecule has 0 saturated carbocycles. The molecular formula is C17H21IO3S. The lowest BCUT2D eigenvalue weighted by atomic mass is 9.80. The third-order valence-corrected chi connectivity index (χ3v) is 4.91. The molecule has 0 heterocycles. The van der Waals surface area contributed by atoms with Crippen LogP contribution < -0.4 is 0 Å². The lowest BCUT2D eigenvalue weighted by Gasteiger charge is -2.27. The van der Waals surface area contributed by atoms with Gasteiger partial charge in [-0.25, -0.2) is 0 Å². The van der Waals surface area contributed by atoms with Gasteiger partial charge in [0, 0.05) is 11.3 Å². The fourth-order valence-corrected chi connectivity index (χ4v) is 3.36. The number of ether oxygens (including phenoxy) is 1. The monoisotopic (exact) mass is 432 g/mol. The van der Waals surface area contributed by atoms with Crippen LogP contribution in [0.3, 0.4) is 0 Å². The number of hydrogen-bond donors (Lipinski definition) is 0. The second-order valence-corrected chi connectivity index (χ2v) is 7.05. The van der Waals surface area contributed by atoms with Gasteiger partial charge in [0.1, 0.15) is 0 Å². The molecule has 0 saturated heterocycles. The first kappa shape index (κ1) is 19.2. The molecule has 0 radical (unpaired) electrons. The summed E-state index contributed by atoms with van der Waals surface area (Å²) in [5.74, 6) is -0.350. The smallest absolute Gasteiger partial charge is 0.316 e. The molecule has 0 aliphatic carbocycles. The summed E-state index contributed by atoms with van der Waals surface area (Å²) >= 11 is 3.42. The highest BCUT2D eigenvalue weighted by atomic mass is 127. The summed E-state index contributed by atoms with van der Waals surface area (Å²) in [6.45, 7) is 5.86. The predicted octanol–water partition coefficient (Wildman–Crippen LogP) is 4.65. The predicted molar refractivity (Wildman–Crippen MR) is 99.3 cm³/mol. The van der Waals surface area contributed by atoms with Crippen molar-refractivity contribution < 1.29 is 14.3 Å². The van der Waals surface area contributed by atoms with Gasteiger partial charge in [-0.1, -0.05) is 58.6 Å². The average molecular weight is 432 g/mol. The molecule has 120 valence electrons. The molecule has 0 aromatic heterocycles. The maximum absolute atomic E-state index is 12.4. The first-order chi connectivity index (χ1) is 10.6. The van der Waals surface area contributed by atoms with Crippen LogP contribution in [-0.2, 0) is 14.3 Å². The first-order valence-electron chi connectivity index (χ1n) is 7.20. The van der Waals surface area contributed by atoms with E-state index in [1.54, 1.807) is 13.0 Å². The number of alkyl halides is 1. The average Bonchev–Trinajstić information content (AvgIpc) is 2.52. The third-order valence-electron chi connectivity index (χ3n) is 3.26. The van der Waals surface area contributed by atoms with Gasteiger partial charge in [0.25, 0.3) is 0 Å². The molecule has 0 amide bonds. The minimum Gasteiger partial charge on any atom is -0.465 e. The van der Waals surface area contributed by atoms with Crippen LogP contribution in [0.1, 0.15) is 26.2 Å². The van der Waals surface area contributed by atoms with Crippen LogP contribution in [0.15, 0.2) is 47.9 Å². The molecule has 1 atom stereocenters. The largest absolute Gasteiger partial charge is 0.465 e. The Bertz CT molecular complexity index is 504. The number of rotatable bonds is 9. The van der Waals surface area contributed by atoms with Crippen molar-refractivity contribution in [3.63, 3.8) is 0 Å². The molecule has 1 aromatic carbocycles. The first-order valence-corrected chi connectivity index (χ1v) is 9.54. The Balaban J connectivity index is 2.84. The molecule has 1 rings (SSSR count). The summed E-state index contributed by atoms with van der Waals surface area (Å²) in [6, 6.07) is 9.44. The number of thioether (sulfide) groups is 1. The van der Waals surface area contributed by atoms with Crippen LogP contribution in [-0.4, -0.2) is 22.1 Å². The van der Waals surface area contributed by atoms with Gasteiger partial charge in [-0.3, -0.25) is 9.59 Å². The second kappa shape index (κ2) is 10.0. The summed E-state index contributed by atoms with van der Waals surface area (Å²) in [6.07, 6.45) is 3.13. The number of carbonyl (C=O) groups is 2. The van der Waals surface area contributed by atoms with Crippen LogP contribution in [0.4, 0.5) is 0 Å². The van der Waals surface area contributed by atoms with Crippen LogP contribution in [0.25, 0.3) is 0 Å². The van der Waals surface area contributed by atoms with Gasteiger partial charge in [-0.15, -0.1) is 6.58 Å². The quantitative estimate of drug-likeness (QED) is 0.187. The van der Waals surface area contributed by atoms with E-state index in [0.717, 1.165) is 27.5 Å². The van der Waals surface area contributed by atoms with Crippen LogP contribution in [0.5, 0.6) is 0 Å². The molecule has 0 N–H and O–H groups in total. The Morgan fingerprint density at radius 2 is 2.05 bits per heavy atom. The Hall–Kier alpha value is -0.820. The normalized spacial score (nSPS) is 13.2. The van der Waals surface area contributed by atoms with E-state index in [-0.39, 0.29) is 17.5 Å². The summed E-state index contributed by atoms with van der Waals surface area (Å²) in [7, 11) is 0. The van der Waals surface area contributed by atoms with Crippen molar-refractivity contribution in [1.82, 2.24) is 0 Å². The Kier molecular flexibility index (Phi) is 8.78. The highest BCUT2D eigenvalue weighted by Crippen LogP contribution is 2.35. The minimum atomic E-state index is -0.917. The van der Waals surface area contributed by atoms with E-state index in [1.165, 1.54) is 0 Å². The van der Waals surface area contributed by atoms with E-state index >= 15 is 0 Å². The molecule has 3 nitrogen and oxygen atoms in total. The van der Waals surface area contributed by atoms with E-state index in [9.17, 15) is 9.59 Å². The zero-order chi connectivity index (χ0) is 16.4. The van der Waals surface area contributed by atoms with Crippen molar-refractivity contribution in [3.05, 3.63) is 43.0 Å². The van der Waals surface area contributed by atoms with Crippen LogP contribution >= 0.6 is 34.4 Å². The zero-order valence-electron chi connectivity index (χ0n) is 12.7. The molecule has 1 aromatic rings. The molecular weight excluding hydrogens is 411 g/mol. The Morgan fingerprint density at radius 3 is 2.59 bits per heavy atom. The van der Waals surface area contributed by atoms with Crippen molar-refractivity contribution in [2.45, 2.75) is 31.1 Å². The minimum absolute atomic E-state index is 0.0485. The van der Waals surface area contributed by atoms with Crippen molar-refractivity contribution in [2.75, 3.05) is 11.0 Å². The Labute approximate surface area is 150 Å². The van der Waals surface area contributed by atoms with Gasteiger partial charge in [0.15, 0.2) is 5.12 Å². The van der Waals surface area contributed by atoms with Gasteiger partial charge in [-0.2, -0.15) is 0 Å². The summed E-state index contributed by atoms with van der Waals surface area (Å²) < 4.78 is 6.10. The van der Waals surface area contributed by atoms with Crippen LogP contribution in [0, 0.1) is 5.41 Å². The summed E-state index contributed by atoms with van der Waals surface area (Å²) in [4.78, 5) is 25.6. The maximum Gasteiger partial charge on any atom is 0.316 e. The molecule has 0 bridgehead atoms. The lowest BCUT2D eigenvalue weighted by Crippen LogP contribution is -2.33. The fraction of sp³-hybridized carbons (Fsp3) is 0.412. The zero-order valence-corrected chi connectivity index (χ0v) is 15.7. The van der Waals surface area contributed by atoms with Gasteiger partial charge in [0.05, 0.1) is 12.0 Å². The molecule has 0 spiro atoms. The van der Waals surface area contributed by atoms with Crippen molar-refractivity contribution in [1.29, 1.82) is 0 Å². The van der Waals surface area contributed by atoms with E-state index < -0.39 is 5.41 Å². The second-order valence-electron chi connectivity index (χ2n) is 4.84. The molecule has 22 heavy (non-hydrogen) atoms. The number of hydrogen-bond acceptors (Lipinski definition) is 4. The van der Waals surface area contributed by atoms with Crippen LogP contribution in [0.2, 0.25) is 0 Å². The maximum atomic E-state index is 12.4. The highest BCUT2D eigenvalue weighted by molar-refractivity contribution is 14.1. The highest BCUT2D eigenvalue weighted by Gasteiger charge is 2.38. The molecule has 1 unspecified atom stereocenters. The van der Waals surface area contributed by atoms with Crippen molar-refractivity contribution in [3.8, 4) is 0 Å². The fourth-order valence-electron chi connectivity index (χ4n) is 2.09. The van der Waals surface area contributed by atoms with Gasteiger partial charge in [-0.05, 0) is 36.3 Å². The molecule has 0 aliphatic heterocycles. The topological polar surface area (TPSA) is 43.4 Å². The number of benzene rings is 1. The molecule has 0 fully saturated rings. The molecule has 5 heteroatoms. The number of carbonyl (C=O) groups excluding carboxylic acids is 2. The molecule has 0 aliphatic rings. The third kappa shape index (κ3) is 5.76. The number of esters is 1. The number of halogens is 1. The SMILES string of the molecule is C=CC(CCCI)(CC(=O)Sc1ccccc1)C(=O)OCC. The van der Waals surface area contributed by atoms with Gasteiger partial charge in [0.2, 0.25) is 0 Å². The van der Waals surface area contributed by atoms with E-state index in [1.807, 2.05) is 30.3 Å². The van der Waals surface area contributed by atoms with E-state index in [4.69, 9.17) is 4.74 Å². The van der Waals surface area contributed by atoms with Gasteiger partial charge >= 0.3 is 5.97 Å². The summed E-state index contributed by atoms with van der Waals surface area (Å²) in [5.41, 5.74) is -0.917. The van der Waals surface area contributed by atoms with Crippen molar-refractivity contribution >= 4 is 45.4 Å². The van der Waals surface area contributed by atoms with Crippen molar-refractivity contribution in [2.24, 2.45) is 5.41 Å². The van der Waals surface area contributed by atoms with E-state index in [0.29, 0.717) is 13.0 Å².